The van der Waals surface area contributed by atoms with E-state index in [1.807, 2.05) is 23.6 Å². The van der Waals surface area contributed by atoms with Gasteiger partial charge in [0.25, 0.3) is 0 Å². The van der Waals surface area contributed by atoms with Gasteiger partial charge in [0, 0.05) is 36.6 Å². The lowest BCUT2D eigenvalue weighted by Gasteiger charge is -2.32. The Labute approximate surface area is 103 Å². The fourth-order valence-corrected chi connectivity index (χ4v) is 3.11. The van der Waals surface area contributed by atoms with Crippen LogP contribution in [-0.4, -0.2) is 40.9 Å². The Kier molecular flexibility index (Phi) is 6.21. The van der Waals surface area contributed by atoms with Gasteiger partial charge in [-0.1, -0.05) is 6.92 Å². The molecule has 0 spiro atoms. The molecule has 2 atom stereocenters. The lowest BCUT2D eigenvalue weighted by atomic mass is 10.1. The topological polar surface area (TPSA) is 46.3 Å². The van der Waals surface area contributed by atoms with Crippen molar-refractivity contribution in [1.29, 1.82) is 0 Å². The Morgan fingerprint density at radius 1 is 1.62 bits per heavy atom. The molecule has 94 valence electrons. The summed E-state index contributed by atoms with van der Waals surface area (Å²) in [5.41, 5.74) is 5.67. The van der Waals surface area contributed by atoms with E-state index in [4.69, 9.17) is 5.73 Å². The zero-order valence-electron chi connectivity index (χ0n) is 10.4. The van der Waals surface area contributed by atoms with Crippen LogP contribution in [0.2, 0.25) is 0 Å². The van der Waals surface area contributed by atoms with Crippen LogP contribution in [0.4, 0.5) is 0 Å². The van der Waals surface area contributed by atoms with Crippen molar-refractivity contribution in [1.82, 2.24) is 4.90 Å². The van der Waals surface area contributed by atoms with E-state index < -0.39 is 0 Å². The van der Waals surface area contributed by atoms with E-state index in [0.717, 1.165) is 38.1 Å². The Balaban J connectivity index is 2.24. The third kappa shape index (κ3) is 4.74. The van der Waals surface area contributed by atoms with Gasteiger partial charge in [0.05, 0.1) is 0 Å². The Morgan fingerprint density at radius 2 is 2.38 bits per heavy atom. The number of hydrogen-bond donors (Lipinski definition) is 1. The highest BCUT2D eigenvalue weighted by Gasteiger charge is 2.22. The van der Waals surface area contributed by atoms with Crippen LogP contribution in [0.3, 0.4) is 0 Å². The highest BCUT2D eigenvalue weighted by Crippen LogP contribution is 2.21. The van der Waals surface area contributed by atoms with Crippen LogP contribution in [-0.2, 0) is 4.79 Å². The van der Waals surface area contributed by atoms with Crippen molar-refractivity contribution < 1.29 is 4.79 Å². The Morgan fingerprint density at radius 3 is 3.00 bits per heavy atom. The minimum atomic E-state index is 0.216. The maximum atomic E-state index is 11.9. The van der Waals surface area contributed by atoms with Gasteiger partial charge >= 0.3 is 0 Å². The lowest BCUT2D eigenvalue weighted by molar-refractivity contribution is -0.131. The van der Waals surface area contributed by atoms with Gasteiger partial charge in [-0.3, -0.25) is 4.79 Å². The maximum absolute atomic E-state index is 11.9. The number of hydrogen-bond acceptors (Lipinski definition) is 3. The van der Waals surface area contributed by atoms with Crippen LogP contribution < -0.4 is 5.73 Å². The Bertz CT molecular complexity index is 221. The molecule has 0 aromatic heterocycles. The summed E-state index contributed by atoms with van der Waals surface area (Å²) in [5.74, 6) is 1.41. The standard InChI is InChI=1S/C12H24N2OS/c1-3-11-9-14(7-8-16-11)12(15)6-4-5-10(2)13/h10-11H,3-9,13H2,1-2H3. The van der Waals surface area contributed by atoms with Crippen LogP contribution in [0, 0.1) is 0 Å². The highest BCUT2D eigenvalue weighted by atomic mass is 32.2. The van der Waals surface area contributed by atoms with Crippen LogP contribution in [0.15, 0.2) is 0 Å². The van der Waals surface area contributed by atoms with Gasteiger partial charge in [0.15, 0.2) is 0 Å². The Hall–Kier alpha value is -0.220. The van der Waals surface area contributed by atoms with Crippen molar-refractivity contribution in [2.24, 2.45) is 5.73 Å². The third-order valence-corrected chi connectivity index (χ3v) is 4.37. The average Bonchev–Trinajstić information content (AvgIpc) is 2.28. The molecule has 2 N–H and O–H groups in total. The minimum absolute atomic E-state index is 0.216. The van der Waals surface area contributed by atoms with Crippen molar-refractivity contribution in [2.75, 3.05) is 18.8 Å². The van der Waals surface area contributed by atoms with Crippen LogP contribution in [0.1, 0.15) is 39.5 Å². The number of carbonyl (C=O) groups is 1. The number of carbonyl (C=O) groups excluding carboxylic acids is 1. The zero-order chi connectivity index (χ0) is 12.0. The highest BCUT2D eigenvalue weighted by molar-refractivity contribution is 8.00. The molecule has 1 amide bonds. The van der Waals surface area contributed by atoms with Crippen molar-refractivity contribution in [3.8, 4) is 0 Å². The molecule has 1 rings (SSSR count). The summed E-state index contributed by atoms with van der Waals surface area (Å²) in [6, 6.07) is 0.216. The first-order chi connectivity index (χ1) is 7.63. The first-order valence-corrected chi connectivity index (χ1v) is 7.33. The second kappa shape index (κ2) is 7.17. The summed E-state index contributed by atoms with van der Waals surface area (Å²) >= 11 is 2.00. The van der Waals surface area contributed by atoms with Crippen LogP contribution in [0.5, 0.6) is 0 Å². The maximum Gasteiger partial charge on any atom is 0.222 e. The van der Waals surface area contributed by atoms with Crippen molar-refractivity contribution in [2.45, 2.75) is 50.8 Å². The monoisotopic (exact) mass is 244 g/mol. The van der Waals surface area contributed by atoms with E-state index in [1.165, 1.54) is 0 Å². The first-order valence-electron chi connectivity index (χ1n) is 6.28. The fourth-order valence-electron chi connectivity index (χ4n) is 1.93. The van der Waals surface area contributed by atoms with Gasteiger partial charge in [-0.15, -0.1) is 0 Å². The molecular weight excluding hydrogens is 220 g/mol. The lowest BCUT2D eigenvalue weighted by Crippen LogP contribution is -2.41. The van der Waals surface area contributed by atoms with Crippen molar-refractivity contribution in [3.63, 3.8) is 0 Å². The van der Waals surface area contributed by atoms with E-state index in [0.29, 0.717) is 17.6 Å². The molecule has 0 bridgehead atoms. The number of nitrogens with two attached hydrogens (primary N) is 1. The number of nitrogens with zero attached hydrogens (tertiary/aromatic N) is 1. The normalized spacial score (nSPS) is 23.2. The van der Waals surface area contributed by atoms with E-state index in [2.05, 4.69) is 6.92 Å². The van der Waals surface area contributed by atoms with E-state index in [-0.39, 0.29) is 6.04 Å². The molecule has 0 radical (unpaired) electrons. The smallest absolute Gasteiger partial charge is 0.222 e. The first kappa shape index (κ1) is 13.8. The van der Waals surface area contributed by atoms with E-state index >= 15 is 0 Å². The number of rotatable bonds is 5. The molecule has 0 aromatic carbocycles. The van der Waals surface area contributed by atoms with Gasteiger partial charge in [0.1, 0.15) is 0 Å². The molecule has 4 heteroatoms. The second-order valence-electron chi connectivity index (χ2n) is 4.61. The van der Waals surface area contributed by atoms with Gasteiger partial charge in [0.2, 0.25) is 5.91 Å². The summed E-state index contributed by atoms with van der Waals surface area (Å²) < 4.78 is 0. The molecule has 1 saturated heterocycles. The summed E-state index contributed by atoms with van der Waals surface area (Å²) in [6.07, 6.45) is 3.71. The minimum Gasteiger partial charge on any atom is -0.341 e. The van der Waals surface area contributed by atoms with Gasteiger partial charge in [-0.2, -0.15) is 11.8 Å². The molecule has 1 fully saturated rings. The van der Waals surface area contributed by atoms with Crippen LogP contribution in [0.25, 0.3) is 0 Å². The predicted octanol–water partition coefficient (Wildman–Crippen LogP) is 1.86. The number of amides is 1. The van der Waals surface area contributed by atoms with E-state index in [1.54, 1.807) is 0 Å². The molecule has 16 heavy (non-hydrogen) atoms. The SMILES string of the molecule is CCC1CN(C(=O)CCCC(C)N)CCS1. The third-order valence-electron chi connectivity index (χ3n) is 3.00. The molecule has 3 nitrogen and oxygen atoms in total. The molecule has 1 aliphatic heterocycles. The molecular formula is C12H24N2OS. The molecule has 0 aromatic rings. The van der Waals surface area contributed by atoms with Gasteiger partial charge in [-0.05, 0) is 26.2 Å². The molecule has 0 aliphatic carbocycles. The van der Waals surface area contributed by atoms with E-state index in [9.17, 15) is 4.79 Å². The van der Waals surface area contributed by atoms with Gasteiger partial charge in [-0.25, -0.2) is 0 Å². The average molecular weight is 244 g/mol. The quantitative estimate of drug-likeness (QED) is 0.803. The second-order valence-corrected chi connectivity index (χ2v) is 6.02. The zero-order valence-corrected chi connectivity index (χ0v) is 11.3. The molecule has 1 heterocycles. The summed E-state index contributed by atoms with van der Waals surface area (Å²) in [7, 11) is 0. The largest absolute Gasteiger partial charge is 0.341 e. The number of thioether (sulfide) groups is 1. The molecule has 0 saturated carbocycles. The van der Waals surface area contributed by atoms with Crippen molar-refractivity contribution in [3.05, 3.63) is 0 Å². The summed E-state index contributed by atoms with van der Waals surface area (Å²) in [5, 5.41) is 0.645. The summed E-state index contributed by atoms with van der Waals surface area (Å²) in [4.78, 5) is 14.0. The van der Waals surface area contributed by atoms with Gasteiger partial charge < -0.3 is 10.6 Å². The molecule has 2 unspecified atom stereocenters. The fraction of sp³-hybridized carbons (Fsp3) is 0.917. The van der Waals surface area contributed by atoms with Crippen molar-refractivity contribution >= 4 is 17.7 Å². The molecule has 1 aliphatic rings. The predicted molar refractivity (Wildman–Crippen MR) is 70.6 cm³/mol. The summed E-state index contributed by atoms with van der Waals surface area (Å²) in [6.45, 7) is 6.06. The van der Waals surface area contributed by atoms with Crippen LogP contribution >= 0.6 is 11.8 Å².